The third-order valence-corrected chi connectivity index (χ3v) is 16.2. The molecule has 2 atom stereocenters. The maximum Gasteiger partial charge on any atom is 0.0711 e. The molecule has 0 aliphatic heterocycles. The van der Waals surface area contributed by atoms with E-state index >= 15 is 0 Å². The largest absolute Gasteiger partial charge is 0.310 e. The van der Waals surface area contributed by atoms with E-state index in [0.29, 0.717) is 0 Å². The Kier molecular flexibility index (Phi) is 11.7. The minimum atomic E-state index is -0.701. The molecule has 0 heterocycles. The van der Waals surface area contributed by atoms with Crippen molar-refractivity contribution >= 4 is 51.2 Å². The minimum Gasteiger partial charge on any atom is -0.310 e. The van der Waals surface area contributed by atoms with Gasteiger partial charge in [-0.25, -0.2) is 0 Å². The molecule has 0 aromatic heterocycles. The summed E-state index contributed by atoms with van der Waals surface area (Å²) in [5.74, 6) is 0. The van der Waals surface area contributed by atoms with Crippen LogP contribution in [0.5, 0.6) is 0 Å². The van der Waals surface area contributed by atoms with E-state index in [0.717, 1.165) is 63.2 Å². The average Bonchev–Trinajstić information content (AvgIpc) is 3.95. The molecule has 0 saturated heterocycles. The molecule has 12 aromatic rings. The fraction of sp³-hybridized carbons (Fsp3) is 0.0400. The van der Waals surface area contributed by atoms with Crippen LogP contribution in [0.2, 0.25) is 0 Å². The highest BCUT2D eigenvalue weighted by molar-refractivity contribution is 5.85. The van der Waals surface area contributed by atoms with Crippen LogP contribution in [0.3, 0.4) is 0 Å². The van der Waals surface area contributed by atoms with E-state index in [1.165, 1.54) is 50.1 Å². The van der Waals surface area contributed by atoms with E-state index in [1.807, 2.05) is 0 Å². The Bertz CT molecular complexity index is 3950. The van der Waals surface area contributed by atoms with Gasteiger partial charge in [-0.1, -0.05) is 206 Å². The van der Waals surface area contributed by atoms with Crippen LogP contribution < -0.4 is 14.7 Å². The van der Waals surface area contributed by atoms with E-state index in [4.69, 9.17) is 0 Å². The van der Waals surface area contributed by atoms with Gasteiger partial charge in [0, 0.05) is 56.6 Å². The van der Waals surface area contributed by atoms with Crippen LogP contribution in [0, 0.1) is 0 Å². The highest BCUT2D eigenvalue weighted by Crippen LogP contribution is 2.63. The molecule has 370 valence electrons. The Labute approximate surface area is 457 Å². The van der Waals surface area contributed by atoms with Gasteiger partial charge >= 0.3 is 0 Å². The highest BCUT2D eigenvalue weighted by Gasteiger charge is 2.56. The molecule has 2 unspecified atom stereocenters. The molecule has 3 aliphatic carbocycles. The van der Waals surface area contributed by atoms with Crippen LogP contribution in [-0.2, 0) is 17.3 Å². The van der Waals surface area contributed by atoms with Gasteiger partial charge in [-0.2, -0.15) is 0 Å². The first-order valence-corrected chi connectivity index (χ1v) is 27.0. The van der Waals surface area contributed by atoms with Crippen molar-refractivity contribution in [3.63, 3.8) is 0 Å². The molecule has 0 saturated carbocycles. The molecule has 2 bridgehead atoms. The normalized spacial score (nSPS) is 15.7. The maximum atomic E-state index is 2.56. The van der Waals surface area contributed by atoms with Crippen molar-refractivity contribution in [3.8, 4) is 11.1 Å². The van der Waals surface area contributed by atoms with Gasteiger partial charge in [-0.15, -0.1) is 0 Å². The van der Waals surface area contributed by atoms with Crippen LogP contribution in [0.25, 0.3) is 11.1 Å². The predicted octanol–water partition coefficient (Wildman–Crippen LogP) is 19.3. The Balaban J connectivity index is 1.05. The molecule has 78 heavy (non-hydrogen) atoms. The average molecular weight is 998 g/mol. The molecule has 0 spiro atoms. The van der Waals surface area contributed by atoms with Crippen molar-refractivity contribution < 1.29 is 0 Å². The summed E-state index contributed by atoms with van der Waals surface area (Å²) in [5, 5.41) is 0. The Morgan fingerprint density at radius 2 is 0.564 bits per heavy atom. The van der Waals surface area contributed by atoms with E-state index < -0.39 is 10.8 Å². The van der Waals surface area contributed by atoms with Crippen LogP contribution >= 0.6 is 0 Å². The Hall–Kier alpha value is -9.96. The molecule has 12 aromatic carbocycles. The molecule has 15 rings (SSSR count). The van der Waals surface area contributed by atoms with E-state index in [-0.39, 0.29) is 0 Å². The second-order valence-electron chi connectivity index (χ2n) is 20.5. The van der Waals surface area contributed by atoms with Gasteiger partial charge in [0.1, 0.15) is 0 Å². The summed E-state index contributed by atoms with van der Waals surface area (Å²) >= 11 is 0. The molecule has 0 radical (unpaired) electrons. The number of anilines is 9. The lowest BCUT2D eigenvalue weighted by atomic mass is 9.54. The summed E-state index contributed by atoms with van der Waals surface area (Å²) in [6.07, 6.45) is 0.758. The third kappa shape index (κ3) is 7.74. The second-order valence-corrected chi connectivity index (χ2v) is 20.5. The molecule has 3 aliphatic rings. The van der Waals surface area contributed by atoms with Crippen molar-refractivity contribution in [2.75, 3.05) is 14.7 Å². The molecule has 3 nitrogen and oxygen atoms in total. The quantitative estimate of drug-likeness (QED) is 0.121. The fourth-order valence-electron chi connectivity index (χ4n) is 13.0. The second kappa shape index (κ2) is 19.6. The predicted molar refractivity (Wildman–Crippen MR) is 324 cm³/mol. The maximum absolute atomic E-state index is 2.56. The van der Waals surface area contributed by atoms with Gasteiger partial charge in [0.25, 0.3) is 0 Å². The lowest BCUT2D eigenvalue weighted by molar-refractivity contribution is 0.577. The van der Waals surface area contributed by atoms with Gasteiger partial charge in [-0.3, -0.25) is 0 Å². The first-order chi connectivity index (χ1) is 38.7. The molecular formula is C75H55N3. The number of benzene rings is 12. The van der Waals surface area contributed by atoms with E-state index in [1.54, 1.807) is 0 Å². The number of para-hydroxylation sites is 6. The smallest absolute Gasteiger partial charge is 0.0711 e. The van der Waals surface area contributed by atoms with E-state index in [9.17, 15) is 0 Å². The van der Waals surface area contributed by atoms with Gasteiger partial charge < -0.3 is 14.7 Å². The van der Waals surface area contributed by atoms with Crippen molar-refractivity contribution in [2.24, 2.45) is 0 Å². The Morgan fingerprint density at radius 3 is 1.05 bits per heavy atom. The van der Waals surface area contributed by atoms with Crippen LogP contribution in [0.15, 0.2) is 322 Å². The lowest BCUT2D eigenvalue weighted by Gasteiger charge is -2.48. The minimum absolute atomic E-state index is 0.622. The fourth-order valence-corrected chi connectivity index (χ4v) is 13.0. The zero-order valence-electron chi connectivity index (χ0n) is 43.1. The highest BCUT2D eigenvalue weighted by atomic mass is 15.2. The first kappa shape index (κ1) is 46.6. The summed E-state index contributed by atoms with van der Waals surface area (Å²) in [4.78, 5) is 7.15. The molecule has 0 amide bonds. The SMILES string of the molecule is c1ccc(N(c2ccccc2)c2cccc(-c3ccc4c(c3)C3(c5cccc(N(c6ccccc6)c6ccccc6)c5)Cc5ccccc5C4(c4cccc(N(c5ccccc5)c5ccccc5)c4)c4ccccc43)c2)cc1. The van der Waals surface area contributed by atoms with Gasteiger partial charge in [0.2, 0.25) is 0 Å². The molecule has 3 heteroatoms. The third-order valence-electron chi connectivity index (χ3n) is 16.2. The van der Waals surface area contributed by atoms with Gasteiger partial charge in [0.15, 0.2) is 0 Å². The van der Waals surface area contributed by atoms with Crippen molar-refractivity contribution in [1.82, 2.24) is 0 Å². The topological polar surface area (TPSA) is 9.72 Å². The van der Waals surface area contributed by atoms with Gasteiger partial charge in [-0.05, 0) is 177 Å². The zero-order valence-corrected chi connectivity index (χ0v) is 43.1. The van der Waals surface area contributed by atoms with Crippen LogP contribution in [0.4, 0.5) is 51.2 Å². The lowest BCUT2D eigenvalue weighted by Crippen LogP contribution is -2.43. The number of rotatable bonds is 12. The summed E-state index contributed by atoms with van der Waals surface area (Å²) < 4.78 is 0. The number of hydrogen-bond donors (Lipinski definition) is 0. The van der Waals surface area contributed by atoms with Crippen LogP contribution in [-0.4, -0.2) is 0 Å². The summed E-state index contributed by atoms with van der Waals surface area (Å²) in [7, 11) is 0. The Morgan fingerprint density at radius 1 is 0.218 bits per heavy atom. The number of hydrogen-bond acceptors (Lipinski definition) is 3. The summed E-state index contributed by atoms with van der Waals surface area (Å²) in [5.41, 5.74) is 21.2. The molecular weight excluding hydrogens is 943 g/mol. The van der Waals surface area contributed by atoms with Crippen LogP contribution in [0.1, 0.15) is 44.5 Å². The summed E-state index contributed by atoms with van der Waals surface area (Å²) in [6, 6.07) is 119. The van der Waals surface area contributed by atoms with Crippen molar-refractivity contribution in [1.29, 1.82) is 0 Å². The summed E-state index contributed by atoms with van der Waals surface area (Å²) in [6.45, 7) is 0. The van der Waals surface area contributed by atoms with Gasteiger partial charge in [0.05, 0.1) is 5.41 Å². The molecule has 0 fully saturated rings. The van der Waals surface area contributed by atoms with E-state index in [2.05, 4.69) is 336 Å². The molecule has 0 N–H and O–H groups in total. The van der Waals surface area contributed by atoms with Crippen molar-refractivity contribution in [3.05, 3.63) is 366 Å². The number of nitrogens with zero attached hydrogens (tertiary/aromatic N) is 3. The first-order valence-electron chi connectivity index (χ1n) is 27.0. The standard InChI is InChI=1S/C75H55N3/c1-7-30-60(31-8-1)76(61-32-9-2-10-33-61)66-42-23-27-55(50-66)56-48-49-72-73(51-56)74(58-28-24-43-67(52-58)77(62-34-11-3-12-35-62)63-36-13-4-14-37-63)54-57-26-19-20-45-69(57)75(72,71-47-22-21-46-70(71)74)59-29-25-44-68(53-59)78(64-38-15-5-16-39-64)65-40-17-6-18-41-65/h1-53H,54H2. The monoisotopic (exact) mass is 997 g/mol. The zero-order chi connectivity index (χ0) is 51.9. The van der Waals surface area contributed by atoms with Crippen molar-refractivity contribution in [2.45, 2.75) is 17.3 Å².